The Labute approximate surface area is 319 Å². The lowest BCUT2D eigenvalue weighted by atomic mass is 10.1. The van der Waals surface area contributed by atoms with Crippen LogP contribution in [0.3, 0.4) is 0 Å². The van der Waals surface area contributed by atoms with E-state index in [0.717, 1.165) is 83.5 Å². The molecule has 0 aliphatic carbocycles. The van der Waals surface area contributed by atoms with Gasteiger partial charge in [-0.25, -0.2) is 0 Å². The van der Waals surface area contributed by atoms with E-state index in [2.05, 4.69) is 79.9 Å². The summed E-state index contributed by atoms with van der Waals surface area (Å²) in [6, 6.07) is -0.893. The number of nitrogens with one attached hydrogen (secondary N) is 1. The van der Waals surface area contributed by atoms with Gasteiger partial charge in [-0.2, -0.15) is 0 Å². The molecule has 0 fully saturated rings. The molecule has 52 heavy (non-hydrogen) atoms. The number of amides is 1. The highest BCUT2D eigenvalue weighted by atomic mass is 31.2. The van der Waals surface area contributed by atoms with E-state index < -0.39 is 26.6 Å². The number of hydrogen-bond acceptors (Lipinski definition) is 6. The number of likely N-dealkylation sites (N-methyl/N-ethyl adjacent to an activating group) is 1. The number of phosphoric ester groups is 1. The summed E-state index contributed by atoms with van der Waals surface area (Å²) in [5, 5.41) is 13.6. The van der Waals surface area contributed by atoms with Crippen molar-refractivity contribution >= 4 is 13.7 Å². The van der Waals surface area contributed by atoms with Crippen molar-refractivity contribution in [2.45, 2.75) is 154 Å². The molecule has 3 atom stereocenters. The van der Waals surface area contributed by atoms with Crippen LogP contribution in [-0.2, 0) is 18.4 Å². The quantitative estimate of drug-likeness (QED) is 0.0289. The van der Waals surface area contributed by atoms with Crippen LogP contribution in [0.2, 0.25) is 0 Å². The van der Waals surface area contributed by atoms with Gasteiger partial charge in [0.25, 0.3) is 7.82 Å². The van der Waals surface area contributed by atoms with E-state index >= 15 is 0 Å². The minimum atomic E-state index is -4.58. The molecule has 0 saturated carbocycles. The smallest absolute Gasteiger partial charge is 0.268 e. The number of quaternary nitrogens is 1. The molecule has 0 aromatic carbocycles. The van der Waals surface area contributed by atoms with Gasteiger partial charge in [-0.1, -0.05) is 145 Å². The lowest BCUT2D eigenvalue weighted by molar-refractivity contribution is -0.870. The third kappa shape index (κ3) is 36.3. The normalized spacial score (nSPS) is 15.3. The summed E-state index contributed by atoms with van der Waals surface area (Å²) < 4.78 is 23.0. The summed E-state index contributed by atoms with van der Waals surface area (Å²) in [5.74, 6) is -0.218. The van der Waals surface area contributed by atoms with Gasteiger partial charge in [-0.3, -0.25) is 9.36 Å². The number of rotatable bonds is 35. The van der Waals surface area contributed by atoms with Gasteiger partial charge in [-0.05, 0) is 64.2 Å². The number of carbonyl (C=O) groups is 1. The second kappa shape index (κ2) is 34.7. The van der Waals surface area contributed by atoms with Gasteiger partial charge >= 0.3 is 0 Å². The highest BCUT2D eigenvalue weighted by molar-refractivity contribution is 7.45. The Morgan fingerprint density at radius 1 is 0.692 bits per heavy atom. The van der Waals surface area contributed by atoms with Crippen molar-refractivity contribution in [3.63, 3.8) is 0 Å². The van der Waals surface area contributed by atoms with Crippen LogP contribution in [0.4, 0.5) is 0 Å². The summed E-state index contributed by atoms with van der Waals surface area (Å²) in [6.07, 6.45) is 45.4. The van der Waals surface area contributed by atoms with Gasteiger partial charge in [-0.15, -0.1) is 0 Å². The van der Waals surface area contributed by atoms with Crippen molar-refractivity contribution in [1.29, 1.82) is 0 Å². The molecule has 0 aromatic rings. The monoisotopic (exact) mass is 749 g/mol. The van der Waals surface area contributed by atoms with Crippen molar-refractivity contribution in [2.24, 2.45) is 0 Å². The number of phosphoric acid groups is 1. The van der Waals surface area contributed by atoms with Crippen molar-refractivity contribution in [3.8, 4) is 0 Å². The third-order valence-electron chi connectivity index (χ3n) is 8.42. The molecule has 0 saturated heterocycles. The van der Waals surface area contributed by atoms with E-state index in [1.165, 1.54) is 38.5 Å². The molecular weight excluding hydrogens is 671 g/mol. The van der Waals surface area contributed by atoms with Crippen LogP contribution >= 0.6 is 7.82 Å². The molecule has 300 valence electrons. The molecule has 0 aliphatic heterocycles. The second-order valence-corrected chi connectivity index (χ2v) is 16.0. The number of unbranched alkanes of at least 4 members (excludes halogenated alkanes) is 12. The molecule has 0 heterocycles. The predicted octanol–water partition coefficient (Wildman–Crippen LogP) is 10.2. The van der Waals surface area contributed by atoms with Crippen molar-refractivity contribution in [3.05, 3.63) is 72.9 Å². The van der Waals surface area contributed by atoms with Crippen LogP contribution in [-0.4, -0.2) is 68.5 Å². The molecule has 0 bridgehead atoms. The first-order valence-corrected chi connectivity index (χ1v) is 21.8. The molecule has 9 heteroatoms. The Bertz CT molecular complexity index is 1080. The Balaban J connectivity index is 4.29. The van der Waals surface area contributed by atoms with Crippen LogP contribution in [0.15, 0.2) is 72.9 Å². The first kappa shape index (κ1) is 49.9. The summed E-state index contributed by atoms with van der Waals surface area (Å²) in [4.78, 5) is 25.1. The Morgan fingerprint density at radius 2 is 1.17 bits per heavy atom. The zero-order valence-electron chi connectivity index (χ0n) is 33.7. The maximum Gasteiger partial charge on any atom is 0.268 e. The summed E-state index contributed by atoms with van der Waals surface area (Å²) in [6.45, 7) is 4.43. The molecular formula is C43H77N2O6P. The lowest BCUT2D eigenvalue weighted by Gasteiger charge is -2.29. The summed E-state index contributed by atoms with van der Waals surface area (Å²) >= 11 is 0. The average molecular weight is 749 g/mol. The minimum absolute atomic E-state index is 0.00784. The van der Waals surface area contributed by atoms with E-state index in [1.807, 2.05) is 27.2 Å². The molecule has 0 radical (unpaired) electrons. The zero-order valence-corrected chi connectivity index (χ0v) is 34.6. The van der Waals surface area contributed by atoms with Gasteiger partial charge in [0.05, 0.1) is 39.9 Å². The van der Waals surface area contributed by atoms with Gasteiger partial charge in [0, 0.05) is 6.42 Å². The molecule has 1 amide bonds. The van der Waals surface area contributed by atoms with E-state index in [0.29, 0.717) is 17.4 Å². The molecule has 0 aliphatic rings. The number of nitrogens with zero attached hydrogens (tertiary/aromatic N) is 1. The molecule has 0 aromatic heterocycles. The Kier molecular flexibility index (Phi) is 33.3. The highest BCUT2D eigenvalue weighted by Gasteiger charge is 2.23. The maximum atomic E-state index is 12.8. The number of aliphatic hydroxyl groups is 1. The van der Waals surface area contributed by atoms with Gasteiger partial charge in [0.2, 0.25) is 5.91 Å². The van der Waals surface area contributed by atoms with Crippen molar-refractivity contribution < 1.29 is 32.9 Å². The van der Waals surface area contributed by atoms with Crippen LogP contribution in [0.25, 0.3) is 0 Å². The number of aliphatic hydroxyl groups excluding tert-OH is 1. The Morgan fingerprint density at radius 3 is 1.71 bits per heavy atom. The zero-order chi connectivity index (χ0) is 38.6. The highest BCUT2D eigenvalue weighted by Crippen LogP contribution is 2.38. The third-order valence-corrected chi connectivity index (χ3v) is 9.39. The van der Waals surface area contributed by atoms with E-state index in [4.69, 9.17) is 9.05 Å². The fourth-order valence-electron chi connectivity index (χ4n) is 5.18. The largest absolute Gasteiger partial charge is 0.756 e. The topological polar surface area (TPSA) is 108 Å². The molecule has 0 spiro atoms. The number of hydrogen-bond donors (Lipinski definition) is 2. The first-order chi connectivity index (χ1) is 25.0. The molecule has 2 N–H and O–H groups in total. The molecule has 8 nitrogen and oxygen atoms in total. The first-order valence-electron chi connectivity index (χ1n) is 20.3. The SMILES string of the molecule is CC/C=C\C/C=C\C/C=C\C/C=C\C/C=C\CCCCCCCCCC(=O)NC(COP(=O)([O-])OCC[N+](C)(C)C)C(O)/C=C/CCCCCCC. The molecule has 0 rings (SSSR count). The minimum Gasteiger partial charge on any atom is -0.756 e. The van der Waals surface area contributed by atoms with Crippen molar-refractivity contribution in [1.82, 2.24) is 5.32 Å². The fraction of sp³-hybridized carbons (Fsp3) is 0.698. The number of allylic oxidation sites excluding steroid dienone is 11. The fourth-order valence-corrected chi connectivity index (χ4v) is 5.90. The van der Waals surface area contributed by atoms with E-state index in [1.54, 1.807) is 6.08 Å². The predicted molar refractivity (Wildman–Crippen MR) is 219 cm³/mol. The van der Waals surface area contributed by atoms with Crippen LogP contribution in [0.1, 0.15) is 142 Å². The Hall–Kier alpha value is -2.06. The van der Waals surface area contributed by atoms with Crippen LogP contribution in [0.5, 0.6) is 0 Å². The maximum absolute atomic E-state index is 12.8. The second-order valence-electron chi connectivity index (χ2n) is 14.6. The summed E-state index contributed by atoms with van der Waals surface area (Å²) in [7, 11) is 1.23. The van der Waals surface area contributed by atoms with Crippen LogP contribution in [0, 0.1) is 0 Å². The van der Waals surface area contributed by atoms with Crippen molar-refractivity contribution in [2.75, 3.05) is 40.9 Å². The number of carbonyl (C=O) groups excluding carboxylic acids is 1. The summed E-state index contributed by atoms with van der Waals surface area (Å²) in [5.41, 5.74) is 0. The van der Waals surface area contributed by atoms with Gasteiger partial charge in [0.15, 0.2) is 0 Å². The lowest BCUT2D eigenvalue weighted by Crippen LogP contribution is -2.45. The van der Waals surface area contributed by atoms with E-state index in [9.17, 15) is 19.4 Å². The molecule has 3 unspecified atom stereocenters. The standard InChI is InChI=1S/C43H77N2O6P/c1-6-8-10-12-14-15-16-17-18-19-20-21-22-23-24-25-26-27-28-29-31-33-35-37-43(47)44-41(42(46)36-34-32-30-13-11-9-7-2)40-51-52(48,49)50-39-38-45(3,4)5/h8,10,14-15,17-18,20-21,23-24,34,36,41-42,46H,6-7,9,11-13,16,19,22,25-33,35,37-40H2,1-5H3,(H-,44,47,48,49)/b10-8-,15-14-,18-17-,21-20-,24-23-,36-34+. The van der Waals surface area contributed by atoms with E-state index in [-0.39, 0.29) is 12.5 Å². The van der Waals surface area contributed by atoms with Gasteiger partial charge < -0.3 is 28.8 Å². The van der Waals surface area contributed by atoms with Crippen LogP contribution < -0.4 is 10.2 Å². The average Bonchev–Trinajstić information content (AvgIpc) is 3.09. The van der Waals surface area contributed by atoms with Gasteiger partial charge in [0.1, 0.15) is 13.2 Å².